The van der Waals surface area contributed by atoms with Crippen molar-refractivity contribution in [3.63, 3.8) is 0 Å². The average Bonchev–Trinajstić information content (AvgIpc) is 2.85. The van der Waals surface area contributed by atoms with Gasteiger partial charge >= 0.3 is 0 Å². The molecule has 0 saturated heterocycles. The van der Waals surface area contributed by atoms with E-state index >= 15 is 0 Å². The number of likely N-dealkylation sites (N-methyl/N-ethyl adjacent to an activating group) is 1. The number of anilines is 1. The first-order chi connectivity index (χ1) is 16.4. The minimum Gasteiger partial charge on any atom is -0.495 e. The number of rotatable bonds is 6. The van der Waals surface area contributed by atoms with Gasteiger partial charge in [0.1, 0.15) is 5.75 Å². The molecule has 1 aliphatic rings. The third kappa shape index (κ3) is 4.15. The van der Waals surface area contributed by atoms with E-state index in [1.165, 1.54) is 7.11 Å². The van der Waals surface area contributed by atoms with Crippen LogP contribution in [0.25, 0.3) is 0 Å². The van der Waals surface area contributed by atoms with Gasteiger partial charge in [0.25, 0.3) is 5.91 Å². The summed E-state index contributed by atoms with van der Waals surface area (Å²) in [5.41, 5.74) is 2.31. The Morgan fingerprint density at radius 2 is 1.59 bits per heavy atom. The zero-order valence-electron chi connectivity index (χ0n) is 19.3. The van der Waals surface area contributed by atoms with Crippen LogP contribution in [-0.2, 0) is 4.79 Å². The number of methoxy groups -OCH3 is 3. The maximum Gasteiger partial charge on any atom is 0.254 e. The van der Waals surface area contributed by atoms with E-state index in [0.717, 1.165) is 5.56 Å². The monoisotopic (exact) mass is 480 g/mol. The summed E-state index contributed by atoms with van der Waals surface area (Å²) in [5.74, 6) is 0.373. The van der Waals surface area contributed by atoms with Gasteiger partial charge in [-0.1, -0.05) is 35.9 Å². The lowest BCUT2D eigenvalue weighted by Gasteiger charge is -2.40. The molecule has 7 nitrogen and oxygen atoms in total. The Morgan fingerprint density at radius 3 is 2.29 bits per heavy atom. The summed E-state index contributed by atoms with van der Waals surface area (Å²) in [5, 5.41) is 3.42. The zero-order valence-corrected chi connectivity index (χ0v) is 20.1. The molecule has 0 radical (unpaired) electrons. The van der Waals surface area contributed by atoms with Crippen LogP contribution in [0.15, 0.2) is 60.7 Å². The standard InChI is InChI=1S/C26H25ClN2O5/c1-29-24(15-9-11-21(33-3)22(13-15)34-4)23(17-7-5-6-8-18(17)26(29)31)25(30)28-19-14-16(27)10-12-20(19)32-2/h5-14,23-24H,1-4H3,(H,28,30). The van der Waals surface area contributed by atoms with E-state index in [4.69, 9.17) is 25.8 Å². The van der Waals surface area contributed by atoms with E-state index in [1.807, 2.05) is 18.2 Å². The Morgan fingerprint density at radius 1 is 0.912 bits per heavy atom. The summed E-state index contributed by atoms with van der Waals surface area (Å²) in [7, 11) is 6.31. The second-order valence-corrected chi connectivity index (χ2v) is 8.31. The predicted molar refractivity (Wildman–Crippen MR) is 130 cm³/mol. The van der Waals surface area contributed by atoms with Gasteiger partial charge in [-0.25, -0.2) is 0 Å². The molecule has 0 bridgehead atoms. The smallest absolute Gasteiger partial charge is 0.254 e. The highest BCUT2D eigenvalue weighted by Crippen LogP contribution is 2.44. The van der Waals surface area contributed by atoms with Crippen molar-refractivity contribution in [3.8, 4) is 17.2 Å². The molecule has 3 aromatic carbocycles. The van der Waals surface area contributed by atoms with Crippen LogP contribution in [0.2, 0.25) is 5.02 Å². The molecular weight excluding hydrogens is 456 g/mol. The second kappa shape index (κ2) is 9.65. The molecule has 2 atom stereocenters. The number of carbonyl (C=O) groups is 2. The first-order valence-corrected chi connectivity index (χ1v) is 11.0. The maximum atomic E-state index is 13.8. The summed E-state index contributed by atoms with van der Waals surface area (Å²) in [6, 6.07) is 17.0. The van der Waals surface area contributed by atoms with Gasteiger partial charge in [0.2, 0.25) is 5.91 Å². The van der Waals surface area contributed by atoms with Crippen LogP contribution in [0, 0.1) is 0 Å². The third-order valence-corrected chi connectivity index (χ3v) is 6.27. The van der Waals surface area contributed by atoms with Crippen LogP contribution in [-0.4, -0.2) is 45.1 Å². The number of hydrogen-bond acceptors (Lipinski definition) is 5. The Hall–Kier alpha value is -3.71. The van der Waals surface area contributed by atoms with Crippen molar-refractivity contribution in [3.05, 3.63) is 82.4 Å². The topological polar surface area (TPSA) is 77.1 Å². The molecule has 3 aromatic rings. The van der Waals surface area contributed by atoms with E-state index in [1.54, 1.807) is 68.6 Å². The van der Waals surface area contributed by atoms with Crippen LogP contribution < -0.4 is 19.5 Å². The number of fused-ring (bicyclic) bond motifs is 1. The fraction of sp³-hybridized carbons (Fsp3) is 0.231. The summed E-state index contributed by atoms with van der Waals surface area (Å²) in [6.07, 6.45) is 0. The SMILES string of the molecule is COc1ccc(Cl)cc1NC(=O)C1c2ccccc2C(=O)N(C)C1c1ccc(OC)c(OC)c1. The highest BCUT2D eigenvalue weighted by Gasteiger charge is 2.43. The van der Waals surface area contributed by atoms with Crippen LogP contribution in [0.5, 0.6) is 17.2 Å². The van der Waals surface area contributed by atoms with Gasteiger partial charge in [-0.3, -0.25) is 9.59 Å². The van der Waals surface area contributed by atoms with Crippen molar-refractivity contribution < 1.29 is 23.8 Å². The molecule has 0 aliphatic carbocycles. The average molecular weight is 481 g/mol. The van der Waals surface area contributed by atoms with Gasteiger partial charge in [-0.2, -0.15) is 0 Å². The molecule has 2 unspecified atom stereocenters. The van der Waals surface area contributed by atoms with Crippen molar-refractivity contribution in [2.45, 2.75) is 12.0 Å². The summed E-state index contributed by atoms with van der Waals surface area (Å²) >= 11 is 6.17. The molecular formula is C26H25ClN2O5. The van der Waals surface area contributed by atoms with Crippen LogP contribution in [0.1, 0.15) is 33.4 Å². The number of amides is 2. The number of ether oxygens (including phenoxy) is 3. The molecule has 8 heteroatoms. The molecule has 0 spiro atoms. The van der Waals surface area contributed by atoms with E-state index < -0.39 is 12.0 Å². The molecule has 1 aliphatic heterocycles. The van der Waals surface area contributed by atoms with Gasteiger partial charge < -0.3 is 24.4 Å². The van der Waals surface area contributed by atoms with E-state index in [2.05, 4.69) is 5.32 Å². The van der Waals surface area contributed by atoms with Crippen LogP contribution in [0.4, 0.5) is 5.69 Å². The quantitative estimate of drug-likeness (QED) is 0.542. The first kappa shape index (κ1) is 23.4. The third-order valence-electron chi connectivity index (χ3n) is 6.03. The Kier molecular flexibility index (Phi) is 6.65. The Bertz CT molecular complexity index is 1250. The van der Waals surface area contributed by atoms with E-state index in [9.17, 15) is 9.59 Å². The summed E-state index contributed by atoms with van der Waals surface area (Å²) in [4.78, 5) is 28.7. The number of nitrogens with zero attached hydrogens (tertiary/aromatic N) is 1. The Balaban J connectivity index is 1.84. The van der Waals surface area contributed by atoms with Crippen molar-refractivity contribution in [1.82, 2.24) is 4.90 Å². The maximum absolute atomic E-state index is 13.8. The molecule has 176 valence electrons. The Labute approximate surface area is 203 Å². The second-order valence-electron chi connectivity index (χ2n) is 7.87. The lowest BCUT2D eigenvalue weighted by molar-refractivity contribution is -0.119. The summed E-state index contributed by atoms with van der Waals surface area (Å²) < 4.78 is 16.2. The van der Waals surface area contributed by atoms with Gasteiger partial charge in [0.15, 0.2) is 11.5 Å². The molecule has 0 fully saturated rings. The number of nitrogens with one attached hydrogen (secondary N) is 1. The molecule has 4 rings (SSSR count). The fourth-order valence-corrected chi connectivity index (χ4v) is 4.57. The summed E-state index contributed by atoms with van der Waals surface area (Å²) in [6.45, 7) is 0. The van der Waals surface area contributed by atoms with Gasteiger partial charge in [0, 0.05) is 17.6 Å². The molecule has 2 amide bonds. The van der Waals surface area contributed by atoms with Crippen molar-refractivity contribution in [2.24, 2.45) is 0 Å². The minimum absolute atomic E-state index is 0.167. The molecule has 0 aromatic heterocycles. The number of halogens is 1. The van der Waals surface area contributed by atoms with Crippen LogP contribution in [0.3, 0.4) is 0 Å². The number of carbonyl (C=O) groups excluding carboxylic acids is 2. The lowest BCUT2D eigenvalue weighted by Crippen LogP contribution is -2.44. The van der Waals surface area contributed by atoms with E-state index in [-0.39, 0.29) is 11.8 Å². The van der Waals surface area contributed by atoms with Gasteiger partial charge in [0.05, 0.1) is 39.0 Å². The highest BCUT2D eigenvalue weighted by atomic mass is 35.5. The number of hydrogen-bond donors (Lipinski definition) is 1. The highest BCUT2D eigenvalue weighted by molar-refractivity contribution is 6.31. The van der Waals surface area contributed by atoms with Crippen molar-refractivity contribution >= 4 is 29.1 Å². The van der Waals surface area contributed by atoms with Crippen molar-refractivity contribution in [1.29, 1.82) is 0 Å². The normalized spacial score (nSPS) is 17.1. The minimum atomic E-state index is -0.708. The molecule has 1 N–H and O–H groups in total. The zero-order chi connectivity index (χ0) is 24.4. The van der Waals surface area contributed by atoms with Gasteiger partial charge in [-0.15, -0.1) is 0 Å². The number of benzene rings is 3. The largest absolute Gasteiger partial charge is 0.495 e. The van der Waals surface area contributed by atoms with E-state index in [0.29, 0.717) is 39.1 Å². The lowest BCUT2D eigenvalue weighted by atomic mass is 9.79. The first-order valence-electron chi connectivity index (χ1n) is 10.6. The van der Waals surface area contributed by atoms with Gasteiger partial charge in [-0.05, 0) is 47.5 Å². The molecule has 0 saturated carbocycles. The predicted octanol–water partition coefficient (Wildman–Crippen LogP) is 4.92. The molecule has 34 heavy (non-hydrogen) atoms. The van der Waals surface area contributed by atoms with Crippen LogP contribution >= 0.6 is 11.6 Å². The fourth-order valence-electron chi connectivity index (χ4n) is 4.40. The molecule has 1 heterocycles. The van der Waals surface area contributed by atoms with Crippen molar-refractivity contribution in [2.75, 3.05) is 33.7 Å².